The Hall–Kier alpha value is -1.10. The molecule has 1 atom stereocenters. The third kappa shape index (κ3) is 3.02. The minimum absolute atomic E-state index is 0.142. The molecule has 1 aromatic heterocycles. The molecule has 0 aliphatic carbocycles. The quantitative estimate of drug-likeness (QED) is 0.805. The first-order chi connectivity index (χ1) is 8.72. The average Bonchev–Trinajstić information content (AvgIpc) is 2.40. The van der Waals surface area contributed by atoms with Crippen LogP contribution in [-0.4, -0.2) is 30.6 Å². The monoisotopic (exact) mass is 312 g/mol. The van der Waals surface area contributed by atoms with E-state index in [1.54, 1.807) is 12.4 Å². The second-order valence-corrected chi connectivity index (χ2v) is 5.30. The van der Waals surface area contributed by atoms with Crippen LogP contribution in [-0.2, 0) is 9.53 Å². The minimum atomic E-state index is -0.142. The van der Waals surface area contributed by atoms with Crippen molar-refractivity contribution in [1.82, 2.24) is 4.98 Å². The van der Waals surface area contributed by atoms with Gasteiger partial charge in [-0.25, -0.2) is 0 Å². The van der Waals surface area contributed by atoms with E-state index in [4.69, 9.17) is 4.74 Å². The maximum Gasteiger partial charge on any atom is 0.307 e. The highest BCUT2D eigenvalue weighted by Crippen LogP contribution is 2.31. The Balaban J connectivity index is 2.17. The molecular formula is C13H17BrN2O2. The molecule has 18 heavy (non-hydrogen) atoms. The van der Waals surface area contributed by atoms with Gasteiger partial charge in [-0.1, -0.05) is 0 Å². The van der Waals surface area contributed by atoms with Gasteiger partial charge in [0.15, 0.2) is 0 Å². The van der Waals surface area contributed by atoms with Crippen molar-refractivity contribution < 1.29 is 9.53 Å². The molecule has 0 amide bonds. The Morgan fingerprint density at radius 2 is 2.44 bits per heavy atom. The predicted octanol–water partition coefficient (Wildman–Crippen LogP) is 2.77. The van der Waals surface area contributed by atoms with E-state index in [1.165, 1.54) is 13.5 Å². The number of hydrogen-bond acceptors (Lipinski definition) is 4. The fourth-order valence-corrected chi connectivity index (χ4v) is 2.88. The van der Waals surface area contributed by atoms with Crippen molar-refractivity contribution in [1.29, 1.82) is 0 Å². The highest BCUT2D eigenvalue weighted by Gasteiger charge is 2.26. The number of esters is 1. The molecule has 98 valence electrons. The fourth-order valence-electron chi connectivity index (χ4n) is 2.41. The standard InChI is InChI=1S/C13H17BrN2O2/c1-18-13(17)8-10-4-2-3-7-16(10)12-5-6-15-9-11(12)14/h5-6,9-10H,2-4,7-8H2,1H3. The highest BCUT2D eigenvalue weighted by atomic mass is 79.9. The molecule has 2 rings (SSSR count). The zero-order valence-corrected chi connectivity index (χ0v) is 12.0. The number of rotatable bonds is 3. The first-order valence-electron chi connectivity index (χ1n) is 6.15. The summed E-state index contributed by atoms with van der Waals surface area (Å²) in [6.45, 7) is 0.976. The summed E-state index contributed by atoms with van der Waals surface area (Å²) in [6, 6.07) is 2.21. The van der Waals surface area contributed by atoms with Gasteiger partial charge in [0.1, 0.15) is 0 Å². The van der Waals surface area contributed by atoms with E-state index in [0.29, 0.717) is 6.42 Å². The number of ether oxygens (including phenoxy) is 1. The van der Waals surface area contributed by atoms with Crippen molar-refractivity contribution in [3.8, 4) is 0 Å². The lowest BCUT2D eigenvalue weighted by molar-refractivity contribution is -0.141. The summed E-state index contributed by atoms with van der Waals surface area (Å²) in [5, 5.41) is 0. The number of anilines is 1. The van der Waals surface area contributed by atoms with Crippen LogP contribution in [0.3, 0.4) is 0 Å². The van der Waals surface area contributed by atoms with E-state index < -0.39 is 0 Å². The number of halogens is 1. The van der Waals surface area contributed by atoms with Crippen LogP contribution in [0.15, 0.2) is 22.9 Å². The van der Waals surface area contributed by atoms with Crippen molar-refractivity contribution in [3.05, 3.63) is 22.9 Å². The number of piperidine rings is 1. The Labute approximate surface area is 115 Å². The second-order valence-electron chi connectivity index (χ2n) is 4.45. The van der Waals surface area contributed by atoms with E-state index in [-0.39, 0.29) is 12.0 Å². The molecule has 1 saturated heterocycles. The van der Waals surface area contributed by atoms with Gasteiger partial charge in [0.25, 0.3) is 0 Å². The van der Waals surface area contributed by atoms with E-state index >= 15 is 0 Å². The number of hydrogen-bond donors (Lipinski definition) is 0. The number of methoxy groups -OCH3 is 1. The summed E-state index contributed by atoms with van der Waals surface area (Å²) in [6.07, 6.45) is 7.38. The van der Waals surface area contributed by atoms with Gasteiger partial charge >= 0.3 is 5.97 Å². The van der Waals surface area contributed by atoms with Crippen LogP contribution in [0, 0.1) is 0 Å². The Morgan fingerprint density at radius 1 is 1.61 bits per heavy atom. The fraction of sp³-hybridized carbons (Fsp3) is 0.538. The Bertz CT molecular complexity index is 425. The number of carbonyl (C=O) groups is 1. The van der Waals surface area contributed by atoms with Gasteiger partial charge in [-0.2, -0.15) is 0 Å². The zero-order chi connectivity index (χ0) is 13.0. The average molecular weight is 313 g/mol. The van der Waals surface area contributed by atoms with E-state index in [0.717, 1.165) is 29.5 Å². The van der Waals surface area contributed by atoms with Gasteiger partial charge in [0.2, 0.25) is 0 Å². The molecule has 0 spiro atoms. The number of nitrogens with zero attached hydrogens (tertiary/aromatic N) is 2. The van der Waals surface area contributed by atoms with Crippen LogP contribution in [0.1, 0.15) is 25.7 Å². The predicted molar refractivity (Wildman–Crippen MR) is 73.6 cm³/mol. The summed E-state index contributed by atoms with van der Waals surface area (Å²) in [5.74, 6) is -0.142. The molecule has 0 saturated carbocycles. The smallest absolute Gasteiger partial charge is 0.307 e. The molecule has 1 fully saturated rings. The molecule has 4 nitrogen and oxygen atoms in total. The van der Waals surface area contributed by atoms with E-state index in [9.17, 15) is 4.79 Å². The summed E-state index contributed by atoms with van der Waals surface area (Å²) >= 11 is 3.52. The maximum absolute atomic E-state index is 11.5. The van der Waals surface area contributed by atoms with E-state index in [1.807, 2.05) is 6.07 Å². The summed E-state index contributed by atoms with van der Waals surface area (Å²) < 4.78 is 5.75. The summed E-state index contributed by atoms with van der Waals surface area (Å²) in [5.41, 5.74) is 1.11. The van der Waals surface area contributed by atoms with Gasteiger partial charge in [-0.05, 0) is 41.3 Å². The maximum atomic E-state index is 11.5. The van der Waals surface area contributed by atoms with E-state index in [2.05, 4.69) is 25.8 Å². The lowest BCUT2D eigenvalue weighted by atomic mass is 9.98. The molecule has 1 aromatic rings. The molecule has 0 radical (unpaired) electrons. The van der Waals surface area contributed by atoms with Gasteiger partial charge in [0, 0.05) is 25.0 Å². The normalized spacial score (nSPS) is 19.7. The molecule has 0 aromatic carbocycles. The van der Waals surface area contributed by atoms with Crippen molar-refractivity contribution in [2.75, 3.05) is 18.6 Å². The van der Waals surface area contributed by atoms with Crippen LogP contribution >= 0.6 is 15.9 Å². The Kier molecular flexibility index (Phi) is 4.58. The molecule has 1 aliphatic rings. The first-order valence-corrected chi connectivity index (χ1v) is 6.94. The van der Waals surface area contributed by atoms with Gasteiger partial charge in [0.05, 0.1) is 23.7 Å². The van der Waals surface area contributed by atoms with Crippen molar-refractivity contribution >= 4 is 27.6 Å². The van der Waals surface area contributed by atoms with Crippen LogP contribution in [0.2, 0.25) is 0 Å². The van der Waals surface area contributed by atoms with Crippen LogP contribution < -0.4 is 4.90 Å². The lowest BCUT2D eigenvalue weighted by Gasteiger charge is -2.37. The zero-order valence-electron chi connectivity index (χ0n) is 10.4. The van der Waals surface area contributed by atoms with Crippen molar-refractivity contribution in [2.45, 2.75) is 31.7 Å². The molecule has 0 N–H and O–H groups in total. The number of carbonyl (C=O) groups excluding carboxylic acids is 1. The largest absolute Gasteiger partial charge is 0.469 e. The molecule has 2 heterocycles. The Morgan fingerprint density at radius 3 is 3.17 bits per heavy atom. The highest BCUT2D eigenvalue weighted by molar-refractivity contribution is 9.10. The lowest BCUT2D eigenvalue weighted by Crippen LogP contribution is -2.41. The molecule has 1 unspecified atom stereocenters. The molecule has 0 bridgehead atoms. The third-order valence-electron chi connectivity index (χ3n) is 3.32. The summed E-state index contributed by atoms with van der Waals surface area (Å²) in [7, 11) is 1.44. The van der Waals surface area contributed by atoms with Gasteiger partial charge in [-0.15, -0.1) is 0 Å². The minimum Gasteiger partial charge on any atom is -0.469 e. The molecule has 1 aliphatic heterocycles. The van der Waals surface area contributed by atoms with Crippen molar-refractivity contribution in [2.24, 2.45) is 0 Å². The SMILES string of the molecule is COC(=O)CC1CCCCN1c1ccncc1Br. The van der Waals surface area contributed by atoms with Crippen LogP contribution in [0.4, 0.5) is 5.69 Å². The molecular weight excluding hydrogens is 296 g/mol. The number of pyridine rings is 1. The van der Waals surface area contributed by atoms with Crippen molar-refractivity contribution in [3.63, 3.8) is 0 Å². The third-order valence-corrected chi connectivity index (χ3v) is 3.93. The van der Waals surface area contributed by atoms with Gasteiger partial charge < -0.3 is 9.64 Å². The van der Waals surface area contributed by atoms with Crippen LogP contribution in [0.5, 0.6) is 0 Å². The van der Waals surface area contributed by atoms with Crippen LogP contribution in [0.25, 0.3) is 0 Å². The summed E-state index contributed by atoms with van der Waals surface area (Å²) in [4.78, 5) is 17.8. The first kappa shape index (κ1) is 13.3. The second kappa shape index (κ2) is 6.18. The van der Waals surface area contributed by atoms with Gasteiger partial charge in [-0.3, -0.25) is 9.78 Å². The number of aromatic nitrogens is 1. The topological polar surface area (TPSA) is 42.4 Å². The molecule has 5 heteroatoms.